The number of rotatable bonds is 6. The highest BCUT2D eigenvalue weighted by molar-refractivity contribution is 4.76. The van der Waals surface area contributed by atoms with Crippen molar-refractivity contribution in [2.75, 3.05) is 32.8 Å². The average molecular weight is 214 g/mol. The molecule has 0 aromatic rings. The molecule has 0 spiro atoms. The summed E-state index contributed by atoms with van der Waals surface area (Å²) in [4.78, 5) is 2.48. The molecule has 0 saturated carbocycles. The van der Waals surface area contributed by atoms with Crippen molar-refractivity contribution in [3.05, 3.63) is 0 Å². The maximum Gasteiger partial charge on any atom is 0.0597 e. The molecule has 1 saturated heterocycles. The van der Waals surface area contributed by atoms with Crippen molar-refractivity contribution < 1.29 is 5.11 Å². The molecule has 1 heterocycles. The highest BCUT2D eigenvalue weighted by atomic mass is 16.3. The van der Waals surface area contributed by atoms with Crippen LogP contribution in [0.15, 0.2) is 0 Å². The highest BCUT2D eigenvalue weighted by Crippen LogP contribution is 2.19. The second-order valence-corrected chi connectivity index (χ2v) is 4.59. The minimum absolute atomic E-state index is 0.252. The van der Waals surface area contributed by atoms with E-state index in [4.69, 9.17) is 0 Å². The van der Waals surface area contributed by atoms with E-state index in [0.29, 0.717) is 0 Å². The Morgan fingerprint density at radius 2 is 2.00 bits per heavy atom. The van der Waals surface area contributed by atoms with Gasteiger partial charge in [0, 0.05) is 12.6 Å². The number of hydrogen-bond donors (Lipinski definition) is 2. The molecule has 3 heteroatoms. The standard InChI is InChI=1S/C12H26N2O/c1-3-11-5-7-14(8-6-11)9-12(10-15)13-4-2/h11-13,15H,3-10H2,1-2H3. The topological polar surface area (TPSA) is 35.5 Å². The lowest BCUT2D eigenvalue weighted by molar-refractivity contribution is 0.141. The molecule has 1 aliphatic heterocycles. The van der Waals surface area contributed by atoms with Crippen molar-refractivity contribution in [1.29, 1.82) is 0 Å². The van der Waals surface area contributed by atoms with Gasteiger partial charge in [0.1, 0.15) is 0 Å². The van der Waals surface area contributed by atoms with Crippen LogP contribution >= 0.6 is 0 Å². The fourth-order valence-corrected chi connectivity index (χ4v) is 2.36. The average Bonchev–Trinajstić information content (AvgIpc) is 2.29. The largest absolute Gasteiger partial charge is 0.395 e. The number of aliphatic hydroxyl groups excluding tert-OH is 1. The van der Waals surface area contributed by atoms with Crippen LogP contribution in [0.25, 0.3) is 0 Å². The van der Waals surface area contributed by atoms with Crippen molar-refractivity contribution in [1.82, 2.24) is 10.2 Å². The first-order valence-electron chi connectivity index (χ1n) is 6.36. The van der Waals surface area contributed by atoms with Crippen LogP contribution in [0, 0.1) is 5.92 Å². The summed E-state index contributed by atoms with van der Waals surface area (Å²) in [5, 5.41) is 12.5. The van der Waals surface area contributed by atoms with Gasteiger partial charge >= 0.3 is 0 Å². The SMILES string of the molecule is CCNC(CO)CN1CCC(CC)CC1. The number of nitrogens with one attached hydrogen (secondary N) is 1. The minimum atomic E-state index is 0.252. The first kappa shape index (κ1) is 12.9. The zero-order chi connectivity index (χ0) is 11.1. The van der Waals surface area contributed by atoms with Crippen molar-refractivity contribution >= 4 is 0 Å². The van der Waals surface area contributed by atoms with E-state index in [0.717, 1.165) is 19.0 Å². The van der Waals surface area contributed by atoms with Gasteiger partial charge in [0.2, 0.25) is 0 Å². The molecule has 0 aliphatic carbocycles. The van der Waals surface area contributed by atoms with E-state index in [2.05, 4.69) is 24.1 Å². The molecule has 1 atom stereocenters. The van der Waals surface area contributed by atoms with E-state index >= 15 is 0 Å². The van der Waals surface area contributed by atoms with Crippen LogP contribution in [0.1, 0.15) is 33.1 Å². The summed E-state index contributed by atoms with van der Waals surface area (Å²) in [6.07, 6.45) is 3.99. The van der Waals surface area contributed by atoms with Crippen LogP contribution in [-0.4, -0.2) is 48.8 Å². The van der Waals surface area contributed by atoms with Crippen LogP contribution in [0.3, 0.4) is 0 Å². The minimum Gasteiger partial charge on any atom is -0.395 e. The first-order chi connectivity index (χ1) is 7.30. The third-order valence-electron chi connectivity index (χ3n) is 3.48. The Labute approximate surface area is 93.9 Å². The van der Waals surface area contributed by atoms with Gasteiger partial charge in [0.05, 0.1) is 6.61 Å². The zero-order valence-electron chi connectivity index (χ0n) is 10.2. The third-order valence-corrected chi connectivity index (χ3v) is 3.48. The third kappa shape index (κ3) is 4.49. The molecular weight excluding hydrogens is 188 g/mol. The Morgan fingerprint density at radius 3 is 2.47 bits per heavy atom. The second kappa shape index (κ2) is 7.20. The van der Waals surface area contributed by atoms with Crippen LogP contribution in [0.5, 0.6) is 0 Å². The van der Waals surface area contributed by atoms with Crippen LogP contribution in [-0.2, 0) is 0 Å². The number of likely N-dealkylation sites (tertiary alicyclic amines) is 1. The van der Waals surface area contributed by atoms with Crippen molar-refractivity contribution in [2.45, 2.75) is 39.2 Å². The Bertz CT molecular complexity index is 156. The Balaban J connectivity index is 2.21. The van der Waals surface area contributed by atoms with E-state index in [1.807, 2.05) is 0 Å². The molecule has 3 nitrogen and oxygen atoms in total. The Kier molecular flexibility index (Phi) is 6.22. The molecule has 1 rings (SSSR count). The van der Waals surface area contributed by atoms with Gasteiger partial charge in [-0.15, -0.1) is 0 Å². The van der Waals surface area contributed by atoms with Gasteiger partial charge in [0.15, 0.2) is 0 Å². The van der Waals surface area contributed by atoms with Gasteiger partial charge in [-0.2, -0.15) is 0 Å². The zero-order valence-corrected chi connectivity index (χ0v) is 10.2. The molecule has 0 aromatic heterocycles. The normalized spacial score (nSPS) is 21.8. The summed E-state index contributed by atoms with van der Waals surface area (Å²) in [7, 11) is 0. The summed E-state index contributed by atoms with van der Waals surface area (Å²) in [6.45, 7) is 8.99. The lowest BCUT2D eigenvalue weighted by atomic mass is 9.94. The fraction of sp³-hybridized carbons (Fsp3) is 1.00. The van der Waals surface area contributed by atoms with Gasteiger partial charge in [0.25, 0.3) is 0 Å². The van der Waals surface area contributed by atoms with Gasteiger partial charge in [-0.25, -0.2) is 0 Å². The summed E-state index contributed by atoms with van der Waals surface area (Å²) < 4.78 is 0. The van der Waals surface area contributed by atoms with Crippen LogP contribution in [0.2, 0.25) is 0 Å². The number of hydrogen-bond acceptors (Lipinski definition) is 3. The smallest absolute Gasteiger partial charge is 0.0597 e. The monoisotopic (exact) mass is 214 g/mol. The second-order valence-electron chi connectivity index (χ2n) is 4.59. The summed E-state index contributed by atoms with van der Waals surface area (Å²) in [5.41, 5.74) is 0. The van der Waals surface area contributed by atoms with Gasteiger partial charge in [-0.3, -0.25) is 0 Å². The maximum absolute atomic E-state index is 9.20. The molecule has 0 aromatic carbocycles. The molecule has 15 heavy (non-hydrogen) atoms. The first-order valence-corrected chi connectivity index (χ1v) is 6.36. The van der Waals surface area contributed by atoms with Gasteiger partial charge in [-0.05, 0) is 38.4 Å². The predicted octanol–water partition coefficient (Wildman–Crippen LogP) is 1.08. The van der Waals surface area contributed by atoms with E-state index in [1.165, 1.54) is 32.4 Å². The fourth-order valence-electron chi connectivity index (χ4n) is 2.36. The Morgan fingerprint density at radius 1 is 1.33 bits per heavy atom. The van der Waals surface area contributed by atoms with Crippen LogP contribution < -0.4 is 5.32 Å². The van der Waals surface area contributed by atoms with E-state index in [9.17, 15) is 5.11 Å². The lowest BCUT2D eigenvalue weighted by Crippen LogP contribution is -2.45. The number of nitrogens with zero attached hydrogens (tertiary/aromatic N) is 1. The summed E-state index contributed by atoms with van der Waals surface area (Å²) in [6, 6.07) is 0.258. The number of piperidine rings is 1. The van der Waals surface area contributed by atoms with Gasteiger partial charge in [-0.1, -0.05) is 20.3 Å². The molecular formula is C12H26N2O. The summed E-state index contributed by atoms with van der Waals surface area (Å²) >= 11 is 0. The van der Waals surface area contributed by atoms with Crippen molar-refractivity contribution in [2.24, 2.45) is 5.92 Å². The number of likely N-dealkylation sites (N-methyl/N-ethyl adjacent to an activating group) is 1. The molecule has 2 N–H and O–H groups in total. The number of aliphatic hydroxyl groups is 1. The van der Waals surface area contributed by atoms with Crippen LogP contribution in [0.4, 0.5) is 0 Å². The predicted molar refractivity (Wildman–Crippen MR) is 64.0 cm³/mol. The molecule has 1 aliphatic rings. The quantitative estimate of drug-likeness (QED) is 0.694. The summed E-state index contributed by atoms with van der Waals surface area (Å²) in [5.74, 6) is 0.938. The molecule has 1 fully saturated rings. The molecule has 90 valence electrons. The van der Waals surface area contributed by atoms with E-state index in [-0.39, 0.29) is 12.6 Å². The Hall–Kier alpha value is -0.120. The molecule has 0 amide bonds. The van der Waals surface area contributed by atoms with E-state index in [1.54, 1.807) is 0 Å². The molecule has 1 unspecified atom stereocenters. The molecule has 0 radical (unpaired) electrons. The van der Waals surface area contributed by atoms with Crippen molar-refractivity contribution in [3.8, 4) is 0 Å². The lowest BCUT2D eigenvalue weighted by Gasteiger charge is -2.33. The van der Waals surface area contributed by atoms with Crippen molar-refractivity contribution in [3.63, 3.8) is 0 Å². The van der Waals surface area contributed by atoms with E-state index < -0.39 is 0 Å². The maximum atomic E-state index is 9.20. The van der Waals surface area contributed by atoms with Gasteiger partial charge < -0.3 is 15.3 Å². The highest BCUT2D eigenvalue weighted by Gasteiger charge is 2.19. The molecule has 0 bridgehead atoms.